The van der Waals surface area contributed by atoms with Crippen LogP contribution in [-0.4, -0.2) is 41.7 Å². The van der Waals surface area contributed by atoms with Gasteiger partial charge in [-0.05, 0) is 29.7 Å². The van der Waals surface area contributed by atoms with Crippen LogP contribution in [0.5, 0.6) is 0 Å². The van der Waals surface area contributed by atoms with Gasteiger partial charge in [0.15, 0.2) is 0 Å². The smallest absolute Gasteiger partial charge is 0.302 e. The van der Waals surface area contributed by atoms with Crippen molar-refractivity contribution in [2.75, 3.05) is 19.6 Å². The third-order valence-corrected chi connectivity index (χ3v) is 4.25. The van der Waals surface area contributed by atoms with Crippen molar-refractivity contribution in [3.8, 4) is 0 Å². The number of aromatic nitrogens is 1. The van der Waals surface area contributed by atoms with Crippen LogP contribution in [-0.2, 0) is 0 Å². The molecular weight excluding hydrogens is 315 g/mol. The summed E-state index contributed by atoms with van der Waals surface area (Å²) in [5.41, 5.74) is 2.16. The van der Waals surface area contributed by atoms with Crippen molar-refractivity contribution in [1.82, 2.24) is 15.2 Å². The van der Waals surface area contributed by atoms with Crippen molar-refractivity contribution in [2.24, 2.45) is 0 Å². The number of alkyl halides is 3. The lowest BCUT2D eigenvalue weighted by Gasteiger charge is -2.24. The van der Waals surface area contributed by atoms with Gasteiger partial charge in [-0.25, -0.2) is 0 Å². The molecule has 1 aromatic carbocycles. The summed E-state index contributed by atoms with van der Waals surface area (Å²) >= 11 is 0. The lowest BCUT2D eigenvalue weighted by Crippen LogP contribution is -2.38. The maximum Gasteiger partial charge on any atom is 0.401 e. The lowest BCUT2D eigenvalue weighted by molar-refractivity contribution is -0.143. The van der Waals surface area contributed by atoms with Crippen molar-refractivity contribution >= 4 is 0 Å². The minimum absolute atomic E-state index is 0.0331. The van der Waals surface area contributed by atoms with Crippen molar-refractivity contribution in [3.63, 3.8) is 0 Å². The van der Waals surface area contributed by atoms with Crippen LogP contribution in [0, 0.1) is 0 Å². The van der Waals surface area contributed by atoms with Crippen LogP contribution in [0.2, 0.25) is 0 Å². The van der Waals surface area contributed by atoms with Gasteiger partial charge in [0.1, 0.15) is 0 Å². The van der Waals surface area contributed by atoms with E-state index in [0.717, 1.165) is 11.1 Å². The lowest BCUT2D eigenvalue weighted by atomic mass is 9.98. The summed E-state index contributed by atoms with van der Waals surface area (Å²) in [4.78, 5) is 5.51. The molecule has 2 aromatic rings. The second-order valence-corrected chi connectivity index (χ2v) is 6.13. The zero-order valence-corrected chi connectivity index (χ0v) is 13.2. The van der Waals surface area contributed by atoms with E-state index in [1.54, 1.807) is 12.4 Å². The number of likely N-dealkylation sites (tertiary alicyclic amines) is 1. The SMILES string of the molecule is FC(F)(F)CN1CC[C@@H](N[C@@H](c2ccccc2)c2ccncc2)C1. The minimum atomic E-state index is -4.14. The van der Waals surface area contributed by atoms with Gasteiger partial charge in [0, 0.05) is 31.5 Å². The fraction of sp³-hybridized carbons (Fsp3) is 0.389. The van der Waals surface area contributed by atoms with E-state index in [1.165, 1.54) is 4.90 Å². The molecule has 6 heteroatoms. The van der Waals surface area contributed by atoms with Gasteiger partial charge in [0.2, 0.25) is 0 Å². The quantitative estimate of drug-likeness (QED) is 0.908. The van der Waals surface area contributed by atoms with E-state index in [2.05, 4.69) is 10.3 Å². The number of benzene rings is 1. The Morgan fingerprint density at radius 2 is 1.75 bits per heavy atom. The van der Waals surface area contributed by atoms with Crippen LogP contribution < -0.4 is 5.32 Å². The van der Waals surface area contributed by atoms with E-state index in [4.69, 9.17) is 0 Å². The molecule has 0 amide bonds. The number of nitrogens with zero attached hydrogens (tertiary/aromatic N) is 2. The third kappa shape index (κ3) is 4.55. The van der Waals surface area contributed by atoms with Crippen molar-refractivity contribution in [1.29, 1.82) is 0 Å². The Morgan fingerprint density at radius 1 is 1.08 bits per heavy atom. The van der Waals surface area contributed by atoms with Gasteiger partial charge in [-0.3, -0.25) is 9.88 Å². The zero-order valence-electron chi connectivity index (χ0n) is 13.2. The van der Waals surface area contributed by atoms with Crippen LogP contribution in [0.15, 0.2) is 54.9 Å². The normalized spacial score (nSPS) is 20.2. The van der Waals surface area contributed by atoms with Gasteiger partial charge in [0.25, 0.3) is 0 Å². The number of hydrogen-bond acceptors (Lipinski definition) is 3. The van der Waals surface area contributed by atoms with E-state index >= 15 is 0 Å². The van der Waals surface area contributed by atoms with Gasteiger partial charge >= 0.3 is 6.18 Å². The number of rotatable bonds is 5. The highest BCUT2D eigenvalue weighted by molar-refractivity contribution is 5.30. The highest BCUT2D eigenvalue weighted by Gasteiger charge is 2.35. The van der Waals surface area contributed by atoms with E-state index < -0.39 is 12.7 Å². The predicted octanol–water partition coefficient (Wildman–Crippen LogP) is 3.40. The Kier molecular flexibility index (Phi) is 5.16. The Bertz CT molecular complexity index is 591. The summed E-state index contributed by atoms with van der Waals surface area (Å²) in [5.74, 6) is 0. The predicted molar refractivity (Wildman–Crippen MR) is 86.6 cm³/mol. The van der Waals surface area contributed by atoms with Gasteiger partial charge in [-0.1, -0.05) is 30.3 Å². The monoisotopic (exact) mass is 335 g/mol. The molecule has 0 unspecified atom stereocenters. The highest BCUT2D eigenvalue weighted by Crippen LogP contribution is 2.25. The fourth-order valence-corrected chi connectivity index (χ4v) is 3.19. The van der Waals surface area contributed by atoms with Crippen LogP contribution in [0.25, 0.3) is 0 Å². The molecular formula is C18H20F3N3. The van der Waals surface area contributed by atoms with Crippen LogP contribution in [0.3, 0.4) is 0 Å². The zero-order chi connectivity index (χ0) is 17.0. The van der Waals surface area contributed by atoms with Gasteiger partial charge in [-0.2, -0.15) is 13.2 Å². The molecule has 1 saturated heterocycles. The summed E-state index contributed by atoms with van der Waals surface area (Å²) in [5, 5.41) is 3.53. The highest BCUT2D eigenvalue weighted by atomic mass is 19.4. The number of pyridine rings is 1. The Labute approximate surface area is 139 Å². The number of nitrogens with one attached hydrogen (secondary N) is 1. The van der Waals surface area contributed by atoms with Gasteiger partial charge in [-0.15, -0.1) is 0 Å². The molecule has 0 spiro atoms. The number of halogens is 3. The Morgan fingerprint density at radius 3 is 2.42 bits per heavy atom. The molecule has 24 heavy (non-hydrogen) atoms. The van der Waals surface area contributed by atoms with E-state index in [-0.39, 0.29) is 12.1 Å². The maximum absolute atomic E-state index is 12.6. The standard InChI is InChI=1S/C18H20F3N3/c19-18(20,21)13-24-11-8-16(12-24)23-17(14-4-2-1-3-5-14)15-6-9-22-10-7-15/h1-7,9-10,16-17,23H,8,11-13H2/t16-,17+/m1/s1. The van der Waals surface area contributed by atoms with Crippen LogP contribution in [0.1, 0.15) is 23.6 Å². The molecule has 1 aliphatic rings. The molecule has 3 rings (SSSR count). The van der Waals surface area contributed by atoms with Crippen molar-refractivity contribution in [2.45, 2.75) is 24.7 Å². The van der Waals surface area contributed by atoms with E-state index in [0.29, 0.717) is 19.5 Å². The minimum Gasteiger partial charge on any atom is -0.302 e. The average molecular weight is 335 g/mol. The molecule has 1 aromatic heterocycles. The molecule has 0 radical (unpaired) electrons. The van der Waals surface area contributed by atoms with E-state index in [9.17, 15) is 13.2 Å². The first-order valence-electron chi connectivity index (χ1n) is 8.01. The van der Waals surface area contributed by atoms with Crippen molar-refractivity contribution in [3.05, 3.63) is 66.0 Å². The van der Waals surface area contributed by atoms with E-state index in [1.807, 2.05) is 42.5 Å². The average Bonchev–Trinajstić information content (AvgIpc) is 2.99. The second kappa shape index (κ2) is 7.32. The summed E-state index contributed by atoms with van der Waals surface area (Å²) in [6.45, 7) is 0.0411. The molecule has 0 aliphatic carbocycles. The first-order chi connectivity index (χ1) is 11.5. The molecule has 0 saturated carbocycles. The number of hydrogen-bond donors (Lipinski definition) is 1. The van der Waals surface area contributed by atoms with Crippen molar-refractivity contribution < 1.29 is 13.2 Å². The molecule has 1 N–H and O–H groups in total. The molecule has 1 aliphatic heterocycles. The molecule has 2 heterocycles. The molecule has 0 bridgehead atoms. The third-order valence-electron chi connectivity index (χ3n) is 4.25. The summed E-state index contributed by atoms with van der Waals surface area (Å²) in [6, 6.07) is 13.8. The molecule has 128 valence electrons. The summed E-state index contributed by atoms with van der Waals surface area (Å²) in [6.07, 6.45) is 0.0401. The van der Waals surface area contributed by atoms with Gasteiger partial charge in [0.05, 0.1) is 12.6 Å². The maximum atomic E-state index is 12.6. The summed E-state index contributed by atoms with van der Waals surface area (Å²) in [7, 11) is 0. The molecule has 3 nitrogen and oxygen atoms in total. The molecule has 2 atom stereocenters. The first kappa shape index (κ1) is 16.9. The largest absolute Gasteiger partial charge is 0.401 e. The first-order valence-corrected chi connectivity index (χ1v) is 8.01. The topological polar surface area (TPSA) is 28.2 Å². The fourth-order valence-electron chi connectivity index (χ4n) is 3.19. The Hall–Kier alpha value is -1.92. The van der Waals surface area contributed by atoms with Gasteiger partial charge < -0.3 is 5.32 Å². The van der Waals surface area contributed by atoms with Crippen LogP contribution in [0.4, 0.5) is 13.2 Å². The molecule has 1 fully saturated rings. The Balaban J connectivity index is 1.72. The van der Waals surface area contributed by atoms with Crippen LogP contribution >= 0.6 is 0 Å². The second-order valence-electron chi connectivity index (χ2n) is 6.13. The summed E-state index contributed by atoms with van der Waals surface area (Å²) < 4.78 is 37.7.